The molecule has 0 aliphatic carbocycles. The summed E-state index contributed by atoms with van der Waals surface area (Å²) in [6.07, 6.45) is -3.07. The molecule has 0 spiro atoms. The first kappa shape index (κ1) is 20.4. The lowest BCUT2D eigenvalue weighted by molar-refractivity contribution is -0.131. The lowest BCUT2D eigenvalue weighted by Gasteiger charge is -2.12. The van der Waals surface area contributed by atoms with Crippen LogP contribution in [0.1, 0.15) is 35.7 Å². The first-order valence-corrected chi connectivity index (χ1v) is 9.60. The minimum atomic E-state index is -4.22. The summed E-state index contributed by atoms with van der Waals surface area (Å²) in [5.74, 6) is 0.0819. The van der Waals surface area contributed by atoms with Crippen LogP contribution in [-0.2, 0) is 0 Å². The van der Waals surface area contributed by atoms with Gasteiger partial charge in [-0.3, -0.25) is 9.36 Å². The molecule has 3 rings (SSSR count). The molecule has 0 saturated heterocycles. The van der Waals surface area contributed by atoms with Gasteiger partial charge < -0.3 is 5.32 Å². The molecule has 8 heteroatoms. The zero-order chi connectivity index (χ0) is 20.5. The van der Waals surface area contributed by atoms with E-state index in [-0.39, 0.29) is 12.3 Å². The number of halogens is 4. The van der Waals surface area contributed by atoms with Gasteiger partial charge in [0.1, 0.15) is 11.8 Å². The molecule has 0 aliphatic heterocycles. The zero-order valence-electron chi connectivity index (χ0n) is 15.4. The Bertz CT molecular complexity index is 1030. The second-order valence-electron chi connectivity index (χ2n) is 6.50. The number of ketones is 1. The summed E-state index contributed by atoms with van der Waals surface area (Å²) in [7, 11) is 0. The highest BCUT2D eigenvalue weighted by Crippen LogP contribution is 2.30. The summed E-state index contributed by atoms with van der Waals surface area (Å²) < 4.78 is 39.9. The minimum absolute atomic E-state index is 0.0819. The topological polar surface area (TPSA) is 46.9 Å². The number of nitrogens with one attached hydrogen (secondary N) is 1. The number of carbonyl (C=O) groups excluding carboxylic acids is 1. The molecule has 0 atom stereocenters. The molecule has 2 aromatic carbocycles. The molecule has 1 aromatic heterocycles. The molecule has 148 valence electrons. The highest BCUT2D eigenvalue weighted by atomic mass is 79.9. The van der Waals surface area contributed by atoms with Crippen LogP contribution in [0.4, 0.5) is 18.9 Å². The molecule has 0 aliphatic rings. The fourth-order valence-corrected chi connectivity index (χ4v) is 3.51. The second kappa shape index (κ2) is 7.95. The number of anilines is 1. The van der Waals surface area contributed by atoms with Crippen molar-refractivity contribution in [2.24, 2.45) is 0 Å². The van der Waals surface area contributed by atoms with E-state index in [2.05, 4.69) is 26.2 Å². The molecule has 1 N–H and O–H groups in total. The quantitative estimate of drug-likeness (QED) is 0.461. The van der Waals surface area contributed by atoms with Crippen molar-refractivity contribution in [1.82, 2.24) is 9.55 Å². The zero-order valence-corrected chi connectivity index (χ0v) is 17.0. The van der Waals surface area contributed by atoms with Gasteiger partial charge in [-0.25, -0.2) is 4.98 Å². The third-order valence-corrected chi connectivity index (χ3v) is 4.91. The van der Waals surface area contributed by atoms with Crippen LogP contribution in [0.15, 0.2) is 41.1 Å². The fraction of sp³-hybridized carbons (Fsp3) is 0.300. The summed E-state index contributed by atoms with van der Waals surface area (Å²) in [4.78, 5) is 16.4. The Labute approximate surface area is 168 Å². The molecule has 3 aromatic rings. The summed E-state index contributed by atoms with van der Waals surface area (Å²) in [5.41, 5.74) is 4.24. The standard InChI is InChI=1S/C20H19BrF3N3O/c1-3-18(28)15-5-4-14(8-12(15)2)27-11-26-19-16(9-13(21)10-17(19)27)25-7-6-20(22,23)24/h4-5,8-11,25H,3,6-7H2,1-2H3. The van der Waals surface area contributed by atoms with Crippen molar-refractivity contribution in [3.8, 4) is 5.69 Å². The van der Waals surface area contributed by atoms with Gasteiger partial charge in [0.15, 0.2) is 5.78 Å². The predicted molar refractivity (Wildman–Crippen MR) is 107 cm³/mol. The van der Waals surface area contributed by atoms with E-state index in [1.165, 1.54) is 0 Å². The average Bonchev–Trinajstić information content (AvgIpc) is 3.03. The van der Waals surface area contributed by atoms with E-state index in [1.54, 1.807) is 18.5 Å². The largest absolute Gasteiger partial charge is 0.390 e. The maximum atomic E-state index is 12.4. The maximum absolute atomic E-state index is 12.4. The molecule has 0 fully saturated rings. The van der Waals surface area contributed by atoms with Gasteiger partial charge in [-0.2, -0.15) is 13.2 Å². The number of benzene rings is 2. The summed E-state index contributed by atoms with van der Waals surface area (Å²) >= 11 is 3.41. The van der Waals surface area contributed by atoms with E-state index < -0.39 is 12.6 Å². The van der Waals surface area contributed by atoms with Crippen LogP contribution in [0.5, 0.6) is 0 Å². The minimum Gasteiger partial charge on any atom is -0.383 e. The number of hydrogen-bond acceptors (Lipinski definition) is 3. The third kappa shape index (κ3) is 4.38. The number of aromatic nitrogens is 2. The molecule has 0 amide bonds. The van der Waals surface area contributed by atoms with Crippen molar-refractivity contribution < 1.29 is 18.0 Å². The van der Waals surface area contributed by atoms with Crippen molar-refractivity contribution >= 4 is 38.4 Å². The van der Waals surface area contributed by atoms with E-state index in [4.69, 9.17) is 0 Å². The normalized spacial score (nSPS) is 11.8. The van der Waals surface area contributed by atoms with Crippen LogP contribution in [0, 0.1) is 6.92 Å². The Kier molecular flexibility index (Phi) is 5.79. The molecule has 4 nitrogen and oxygen atoms in total. The Hall–Kier alpha value is -2.35. The SMILES string of the molecule is CCC(=O)c1ccc(-n2cnc3c(NCCC(F)(F)F)cc(Br)cc32)cc1C. The number of imidazole rings is 1. The summed E-state index contributed by atoms with van der Waals surface area (Å²) in [6.45, 7) is 3.48. The van der Waals surface area contributed by atoms with Crippen LogP contribution >= 0.6 is 15.9 Å². The van der Waals surface area contributed by atoms with E-state index in [0.29, 0.717) is 23.2 Å². The predicted octanol–water partition coefficient (Wildman–Crippen LogP) is 6.05. The number of Topliss-reactive ketones (excluding diaryl/α,β-unsaturated/α-hetero) is 1. The maximum Gasteiger partial charge on any atom is 0.390 e. The molecular weight excluding hydrogens is 435 g/mol. The van der Waals surface area contributed by atoms with Gasteiger partial charge in [0.2, 0.25) is 0 Å². The van der Waals surface area contributed by atoms with Crippen molar-refractivity contribution in [3.05, 3.63) is 52.3 Å². The van der Waals surface area contributed by atoms with Gasteiger partial charge in [-0.05, 0) is 42.8 Å². The summed E-state index contributed by atoms with van der Waals surface area (Å²) in [6, 6.07) is 9.11. The number of alkyl halides is 3. The average molecular weight is 454 g/mol. The van der Waals surface area contributed by atoms with E-state index in [9.17, 15) is 18.0 Å². The highest BCUT2D eigenvalue weighted by Gasteiger charge is 2.26. The van der Waals surface area contributed by atoms with Gasteiger partial charge >= 0.3 is 6.18 Å². The number of fused-ring (bicyclic) bond motifs is 1. The lowest BCUT2D eigenvalue weighted by Crippen LogP contribution is -2.14. The van der Waals surface area contributed by atoms with Crippen LogP contribution in [0.3, 0.4) is 0 Å². The van der Waals surface area contributed by atoms with Gasteiger partial charge in [0.25, 0.3) is 0 Å². The molecular formula is C20H19BrF3N3O. The molecule has 0 unspecified atom stereocenters. The summed E-state index contributed by atoms with van der Waals surface area (Å²) in [5, 5.41) is 2.82. The molecule has 0 bridgehead atoms. The van der Waals surface area contributed by atoms with Gasteiger partial charge in [-0.1, -0.05) is 22.9 Å². The molecule has 0 radical (unpaired) electrons. The number of aryl methyl sites for hydroxylation is 1. The van der Waals surface area contributed by atoms with E-state index >= 15 is 0 Å². The molecule has 0 saturated carbocycles. The van der Waals surface area contributed by atoms with Gasteiger partial charge in [-0.15, -0.1) is 0 Å². The van der Waals surface area contributed by atoms with Crippen molar-refractivity contribution in [2.45, 2.75) is 32.9 Å². The lowest BCUT2D eigenvalue weighted by atomic mass is 10.0. The van der Waals surface area contributed by atoms with Crippen molar-refractivity contribution in [3.63, 3.8) is 0 Å². The van der Waals surface area contributed by atoms with Crippen molar-refractivity contribution in [2.75, 3.05) is 11.9 Å². The van der Waals surface area contributed by atoms with Gasteiger partial charge in [0, 0.05) is 28.7 Å². The highest BCUT2D eigenvalue weighted by molar-refractivity contribution is 9.10. The number of carbonyl (C=O) groups is 1. The number of nitrogens with zero attached hydrogens (tertiary/aromatic N) is 2. The number of rotatable bonds is 6. The first-order valence-electron chi connectivity index (χ1n) is 8.81. The van der Waals surface area contributed by atoms with Gasteiger partial charge in [0.05, 0.1) is 17.6 Å². The Morgan fingerprint density at radius 3 is 2.64 bits per heavy atom. The van der Waals surface area contributed by atoms with Crippen LogP contribution < -0.4 is 5.32 Å². The molecule has 28 heavy (non-hydrogen) atoms. The Morgan fingerprint density at radius 1 is 1.25 bits per heavy atom. The van der Waals surface area contributed by atoms with Crippen LogP contribution in [-0.4, -0.2) is 28.1 Å². The third-order valence-electron chi connectivity index (χ3n) is 4.45. The Balaban J connectivity index is 1.98. The van der Waals surface area contributed by atoms with E-state index in [0.717, 1.165) is 21.2 Å². The second-order valence-corrected chi connectivity index (χ2v) is 7.42. The molecule has 1 heterocycles. The van der Waals surface area contributed by atoms with Crippen LogP contribution in [0.25, 0.3) is 16.7 Å². The number of hydrogen-bond donors (Lipinski definition) is 1. The van der Waals surface area contributed by atoms with Crippen LogP contribution in [0.2, 0.25) is 0 Å². The van der Waals surface area contributed by atoms with E-state index in [1.807, 2.05) is 36.6 Å². The fourth-order valence-electron chi connectivity index (χ4n) is 3.06. The van der Waals surface area contributed by atoms with Crippen molar-refractivity contribution in [1.29, 1.82) is 0 Å². The smallest absolute Gasteiger partial charge is 0.383 e. The monoisotopic (exact) mass is 453 g/mol. The Morgan fingerprint density at radius 2 is 2.00 bits per heavy atom. The first-order chi connectivity index (χ1) is 13.2.